The van der Waals surface area contributed by atoms with Crippen molar-refractivity contribution in [1.29, 1.82) is 0 Å². The average molecular weight is 281 g/mol. The van der Waals surface area contributed by atoms with Crippen molar-refractivity contribution in [2.45, 2.75) is 24.9 Å². The van der Waals surface area contributed by atoms with E-state index >= 15 is 0 Å². The zero-order valence-electron chi connectivity index (χ0n) is 11.6. The Hall–Kier alpha value is -0.640. The predicted molar refractivity (Wildman–Crippen MR) is 76.3 cm³/mol. The summed E-state index contributed by atoms with van der Waals surface area (Å²) in [6.07, 6.45) is 5.57. The van der Waals surface area contributed by atoms with E-state index in [1.54, 1.807) is 6.20 Å². The Morgan fingerprint density at radius 1 is 1.37 bits per heavy atom. The topological polar surface area (TPSA) is 25.4 Å². The fourth-order valence-electron chi connectivity index (χ4n) is 4.22. The summed E-state index contributed by atoms with van der Waals surface area (Å²) in [7, 11) is 4.06. The standard InChI is InChI=1S/C15H21ClN2O/c1-18-9-12-4-3-5-13(10-18)15(12,19-2)11-6-7-17-14(16)8-11/h6-8,12-13H,3-5,9-10H2,1-2H3. The summed E-state index contributed by atoms with van der Waals surface area (Å²) in [5.74, 6) is 1.10. The molecule has 3 rings (SSSR count). The summed E-state index contributed by atoms with van der Waals surface area (Å²) in [5, 5.41) is 0.561. The molecule has 1 aromatic heterocycles. The molecular weight excluding hydrogens is 260 g/mol. The van der Waals surface area contributed by atoms with E-state index in [2.05, 4.69) is 23.0 Å². The molecule has 0 radical (unpaired) electrons. The summed E-state index contributed by atoms with van der Waals surface area (Å²) in [5.41, 5.74) is 1.04. The lowest BCUT2D eigenvalue weighted by molar-refractivity contribution is -0.165. The van der Waals surface area contributed by atoms with Crippen LogP contribution in [0.25, 0.3) is 0 Å². The van der Waals surface area contributed by atoms with Gasteiger partial charge in [-0.2, -0.15) is 0 Å². The Kier molecular flexibility index (Phi) is 3.54. The molecule has 0 spiro atoms. The van der Waals surface area contributed by atoms with E-state index in [4.69, 9.17) is 16.3 Å². The zero-order valence-corrected chi connectivity index (χ0v) is 12.4. The van der Waals surface area contributed by atoms with Crippen LogP contribution in [0.4, 0.5) is 0 Å². The van der Waals surface area contributed by atoms with Crippen LogP contribution in [0.3, 0.4) is 0 Å². The highest BCUT2D eigenvalue weighted by Crippen LogP contribution is 2.51. The maximum atomic E-state index is 6.12. The molecule has 3 nitrogen and oxygen atoms in total. The molecule has 19 heavy (non-hydrogen) atoms. The molecule has 2 aliphatic rings. The largest absolute Gasteiger partial charge is 0.373 e. The molecule has 2 bridgehead atoms. The van der Waals surface area contributed by atoms with Gasteiger partial charge in [-0.25, -0.2) is 4.98 Å². The van der Waals surface area contributed by atoms with Crippen LogP contribution in [-0.2, 0) is 10.3 Å². The summed E-state index contributed by atoms with van der Waals surface area (Å²) in [6.45, 7) is 2.20. The van der Waals surface area contributed by atoms with E-state index in [9.17, 15) is 0 Å². The molecule has 2 unspecified atom stereocenters. The molecule has 0 N–H and O–H groups in total. The molecule has 1 aliphatic heterocycles. The van der Waals surface area contributed by atoms with E-state index < -0.39 is 0 Å². The number of fused-ring (bicyclic) bond motifs is 2. The third-order valence-corrected chi connectivity index (χ3v) is 5.10. The molecule has 1 aliphatic carbocycles. The molecule has 1 saturated heterocycles. The van der Waals surface area contributed by atoms with Gasteiger partial charge in [0.1, 0.15) is 10.8 Å². The summed E-state index contributed by atoms with van der Waals surface area (Å²) < 4.78 is 6.12. The SMILES string of the molecule is COC1(c2ccnc(Cl)c2)C2CCCC1CN(C)C2. The zero-order chi connectivity index (χ0) is 13.5. The van der Waals surface area contributed by atoms with E-state index in [0.29, 0.717) is 17.0 Å². The first kappa shape index (κ1) is 13.3. The highest BCUT2D eigenvalue weighted by molar-refractivity contribution is 6.29. The summed E-state index contributed by atoms with van der Waals surface area (Å²) in [6, 6.07) is 4.06. The lowest BCUT2D eigenvalue weighted by Gasteiger charge is -2.54. The van der Waals surface area contributed by atoms with Crippen molar-refractivity contribution >= 4 is 11.6 Å². The van der Waals surface area contributed by atoms with Crippen molar-refractivity contribution in [2.24, 2.45) is 11.8 Å². The Labute approximate surface area is 119 Å². The number of nitrogens with zero attached hydrogens (tertiary/aromatic N) is 2. The highest BCUT2D eigenvalue weighted by atomic mass is 35.5. The minimum Gasteiger partial charge on any atom is -0.373 e. The molecule has 2 fully saturated rings. The van der Waals surface area contributed by atoms with Crippen molar-refractivity contribution in [3.05, 3.63) is 29.0 Å². The lowest BCUT2D eigenvalue weighted by atomic mass is 9.62. The summed E-state index contributed by atoms with van der Waals surface area (Å²) in [4.78, 5) is 6.55. The van der Waals surface area contributed by atoms with Gasteiger partial charge in [-0.05, 0) is 37.6 Å². The van der Waals surface area contributed by atoms with E-state index in [0.717, 1.165) is 13.1 Å². The monoisotopic (exact) mass is 280 g/mol. The number of aromatic nitrogens is 1. The van der Waals surface area contributed by atoms with Crippen LogP contribution >= 0.6 is 11.6 Å². The third kappa shape index (κ3) is 2.08. The van der Waals surface area contributed by atoms with Crippen LogP contribution in [0, 0.1) is 11.8 Å². The Morgan fingerprint density at radius 2 is 2.05 bits per heavy atom. The number of halogens is 1. The fourth-order valence-corrected chi connectivity index (χ4v) is 4.40. The van der Waals surface area contributed by atoms with Crippen LogP contribution in [0.5, 0.6) is 0 Å². The van der Waals surface area contributed by atoms with Crippen molar-refractivity contribution in [1.82, 2.24) is 9.88 Å². The second-order valence-corrected chi connectivity index (χ2v) is 6.30. The van der Waals surface area contributed by atoms with Crippen LogP contribution in [-0.4, -0.2) is 37.1 Å². The highest BCUT2D eigenvalue weighted by Gasteiger charge is 2.52. The van der Waals surface area contributed by atoms with Crippen LogP contribution in [0.1, 0.15) is 24.8 Å². The molecule has 1 aromatic rings. The first-order valence-corrected chi connectivity index (χ1v) is 7.40. The number of piperidine rings is 1. The number of pyridine rings is 1. The Bertz CT molecular complexity index is 451. The minimum absolute atomic E-state index is 0.169. The number of methoxy groups -OCH3 is 1. The Balaban J connectivity index is 2.07. The number of hydrogen-bond acceptors (Lipinski definition) is 3. The van der Waals surface area contributed by atoms with Gasteiger partial charge >= 0.3 is 0 Å². The maximum absolute atomic E-state index is 6.12. The van der Waals surface area contributed by atoms with Crippen LogP contribution < -0.4 is 0 Å². The van der Waals surface area contributed by atoms with Crippen LogP contribution in [0.2, 0.25) is 5.15 Å². The van der Waals surface area contributed by atoms with E-state index in [-0.39, 0.29) is 5.60 Å². The second-order valence-electron chi connectivity index (χ2n) is 5.91. The summed E-state index contributed by atoms with van der Waals surface area (Å²) >= 11 is 6.09. The van der Waals surface area contributed by atoms with Gasteiger partial charge in [-0.1, -0.05) is 18.0 Å². The van der Waals surface area contributed by atoms with Crippen LogP contribution in [0.15, 0.2) is 18.3 Å². The fraction of sp³-hybridized carbons (Fsp3) is 0.667. The van der Waals surface area contributed by atoms with Gasteiger partial charge in [0.25, 0.3) is 0 Å². The van der Waals surface area contributed by atoms with Gasteiger partial charge in [-0.15, -0.1) is 0 Å². The molecule has 2 atom stereocenters. The quantitative estimate of drug-likeness (QED) is 0.779. The number of ether oxygens (including phenoxy) is 1. The van der Waals surface area contributed by atoms with Gasteiger partial charge in [0.05, 0.1) is 0 Å². The molecule has 0 amide bonds. The number of likely N-dealkylation sites (tertiary alicyclic amines) is 1. The first-order chi connectivity index (χ1) is 9.16. The van der Waals surface area contributed by atoms with Gasteiger partial charge in [0.15, 0.2) is 0 Å². The molecule has 2 heterocycles. The average Bonchev–Trinajstić information content (AvgIpc) is 2.38. The van der Waals surface area contributed by atoms with Crippen molar-refractivity contribution in [2.75, 3.05) is 27.2 Å². The van der Waals surface area contributed by atoms with Crippen molar-refractivity contribution in [3.8, 4) is 0 Å². The smallest absolute Gasteiger partial charge is 0.129 e. The van der Waals surface area contributed by atoms with E-state index in [1.807, 2.05) is 13.2 Å². The van der Waals surface area contributed by atoms with Gasteiger partial charge in [0, 0.05) is 38.2 Å². The second kappa shape index (κ2) is 5.04. The molecule has 104 valence electrons. The van der Waals surface area contributed by atoms with Crippen molar-refractivity contribution < 1.29 is 4.74 Å². The van der Waals surface area contributed by atoms with E-state index in [1.165, 1.54) is 24.8 Å². The van der Waals surface area contributed by atoms with Gasteiger partial charge in [0.2, 0.25) is 0 Å². The molecule has 1 saturated carbocycles. The normalized spacial score (nSPS) is 35.3. The first-order valence-electron chi connectivity index (χ1n) is 7.02. The van der Waals surface area contributed by atoms with Crippen molar-refractivity contribution in [3.63, 3.8) is 0 Å². The van der Waals surface area contributed by atoms with Gasteiger partial charge in [-0.3, -0.25) is 0 Å². The maximum Gasteiger partial charge on any atom is 0.129 e. The number of rotatable bonds is 2. The third-order valence-electron chi connectivity index (χ3n) is 4.90. The molecule has 0 aromatic carbocycles. The molecule has 4 heteroatoms. The minimum atomic E-state index is -0.169. The predicted octanol–water partition coefficient (Wildman–Crippen LogP) is 2.94. The Morgan fingerprint density at radius 3 is 2.63 bits per heavy atom. The number of hydrogen-bond donors (Lipinski definition) is 0. The molecular formula is C15H21ClN2O. The lowest BCUT2D eigenvalue weighted by Crippen LogP contribution is -2.58. The van der Waals surface area contributed by atoms with Gasteiger partial charge < -0.3 is 9.64 Å².